The molecule has 0 amide bonds. The van der Waals surface area contributed by atoms with Crippen LogP contribution in [0.25, 0.3) is 0 Å². The van der Waals surface area contributed by atoms with Crippen LogP contribution in [0.4, 0.5) is 13.2 Å². The van der Waals surface area contributed by atoms with Gasteiger partial charge in [-0.05, 0) is 18.8 Å². The van der Waals surface area contributed by atoms with Crippen LogP contribution >= 0.6 is 11.3 Å². The number of hydrogen-bond acceptors (Lipinski definition) is 5. The van der Waals surface area contributed by atoms with E-state index < -0.39 is 11.2 Å². The number of halogens is 3. The van der Waals surface area contributed by atoms with Crippen molar-refractivity contribution in [2.75, 3.05) is 0 Å². The third-order valence-electron chi connectivity index (χ3n) is 4.07. The average Bonchev–Trinajstić information content (AvgIpc) is 2.95. The van der Waals surface area contributed by atoms with Gasteiger partial charge in [0.2, 0.25) is 5.01 Å². The van der Waals surface area contributed by atoms with E-state index in [0.717, 1.165) is 24.5 Å². The summed E-state index contributed by atoms with van der Waals surface area (Å²) in [5, 5.41) is 13.7. The van der Waals surface area contributed by atoms with Crippen LogP contribution in [0.5, 0.6) is 0 Å². The van der Waals surface area contributed by atoms with E-state index in [0.29, 0.717) is 28.2 Å². The van der Waals surface area contributed by atoms with E-state index in [1.807, 2.05) is 20.8 Å². The molecule has 0 spiro atoms. The molecular weight excluding hydrogens is 327 g/mol. The Morgan fingerprint density at radius 1 is 1.26 bits per heavy atom. The highest BCUT2D eigenvalue weighted by atomic mass is 32.1. The minimum Gasteiger partial charge on any atom is -0.263 e. The van der Waals surface area contributed by atoms with Crippen molar-refractivity contribution in [3.05, 3.63) is 21.7 Å². The molecule has 1 aliphatic rings. The van der Waals surface area contributed by atoms with Crippen LogP contribution in [0.1, 0.15) is 73.0 Å². The lowest BCUT2D eigenvalue weighted by Gasteiger charge is -2.06. The van der Waals surface area contributed by atoms with Gasteiger partial charge in [-0.3, -0.25) is 5.10 Å². The Hall–Kier alpha value is -1.51. The summed E-state index contributed by atoms with van der Waals surface area (Å²) >= 11 is 0.640. The van der Waals surface area contributed by atoms with E-state index >= 15 is 0 Å². The van der Waals surface area contributed by atoms with Gasteiger partial charge in [0.25, 0.3) is 0 Å². The molecule has 1 saturated carbocycles. The number of nitrogens with one attached hydrogen (secondary N) is 1. The molecule has 0 bridgehead atoms. The fourth-order valence-corrected chi connectivity index (χ4v) is 3.43. The summed E-state index contributed by atoms with van der Waals surface area (Å²) in [5.74, 6) is 2.67. The molecule has 126 valence electrons. The predicted octanol–water partition coefficient (Wildman–Crippen LogP) is 4.10. The van der Waals surface area contributed by atoms with Crippen LogP contribution in [-0.4, -0.2) is 25.4 Å². The Kier molecular flexibility index (Phi) is 4.16. The molecule has 2 aromatic heterocycles. The van der Waals surface area contributed by atoms with E-state index in [-0.39, 0.29) is 11.8 Å². The van der Waals surface area contributed by atoms with Gasteiger partial charge in [-0.2, -0.15) is 18.3 Å². The molecule has 2 aromatic rings. The molecule has 23 heavy (non-hydrogen) atoms. The second-order valence-electron chi connectivity index (χ2n) is 6.42. The van der Waals surface area contributed by atoms with Crippen molar-refractivity contribution in [2.24, 2.45) is 5.92 Å². The van der Waals surface area contributed by atoms with Crippen LogP contribution in [0.2, 0.25) is 0 Å². The second kappa shape index (κ2) is 5.85. The van der Waals surface area contributed by atoms with Gasteiger partial charge in [0.05, 0.1) is 0 Å². The topological polar surface area (TPSA) is 67.3 Å². The SMILES string of the molecule is CC(C)c1n[nH]c(C2CC2CC(C)c2nnc(C(F)(F)F)s2)n1. The minimum absolute atomic E-state index is 0.0360. The second-order valence-corrected chi connectivity index (χ2v) is 7.42. The molecule has 0 saturated heterocycles. The summed E-state index contributed by atoms with van der Waals surface area (Å²) in [5.41, 5.74) is 0. The van der Waals surface area contributed by atoms with Gasteiger partial charge >= 0.3 is 6.18 Å². The maximum Gasteiger partial charge on any atom is 0.445 e. The van der Waals surface area contributed by atoms with Crippen LogP contribution in [0.3, 0.4) is 0 Å². The lowest BCUT2D eigenvalue weighted by atomic mass is 10.0. The van der Waals surface area contributed by atoms with E-state index in [1.165, 1.54) is 0 Å². The third-order valence-corrected chi connectivity index (χ3v) is 5.27. The summed E-state index contributed by atoms with van der Waals surface area (Å²) < 4.78 is 37.7. The summed E-state index contributed by atoms with van der Waals surface area (Å²) in [6.07, 6.45) is -2.64. The van der Waals surface area contributed by atoms with Crippen LogP contribution in [0.15, 0.2) is 0 Å². The van der Waals surface area contributed by atoms with Gasteiger partial charge in [0.1, 0.15) is 10.8 Å². The first-order valence-electron chi connectivity index (χ1n) is 7.58. The molecule has 5 nitrogen and oxygen atoms in total. The predicted molar refractivity (Wildman–Crippen MR) is 79.3 cm³/mol. The Balaban J connectivity index is 1.59. The quantitative estimate of drug-likeness (QED) is 0.886. The monoisotopic (exact) mass is 345 g/mol. The van der Waals surface area contributed by atoms with Crippen molar-refractivity contribution in [3.8, 4) is 0 Å². The van der Waals surface area contributed by atoms with Crippen LogP contribution in [0, 0.1) is 5.92 Å². The first-order valence-corrected chi connectivity index (χ1v) is 8.40. The molecule has 1 aliphatic carbocycles. The Labute approximate surface area is 135 Å². The van der Waals surface area contributed by atoms with Gasteiger partial charge in [0.15, 0.2) is 5.82 Å². The van der Waals surface area contributed by atoms with E-state index in [2.05, 4.69) is 25.4 Å². The van der Waals surface area contributed by atoms with E-state index in [4.69, 9.17) is 0 Å². The number of aromatic amines is 1. The zero-order chi connectivity index (χ0) is 16.8. The fraction of sp³-hybridized carbons (Fsp3) is 0.714. The average molecular weight is 345 g/mol. The molecule has 0 aliphatic heterocycles. The first-order chi connectivity index (χ1) is 10.8. The number of alkyl halides is 3. The molecule has 0 aromatic carbocycles. The van der Waals surface area contributed by atoms with E-state index in [1.54, 1.807) is 0 Å². The molecular formula is C14H18F3N5S. The summed E-state index contributed by atoms with van der Waals surface area (Å²) in [4.78, 5) is 4.50. The van der Waals surface area contributed by atoms with Gasteiger partial charge in [-0.15, -0.1) is 10.2 Å². The highest BCUT2D eigenvalue weighted by Crippen LogP contribution is 2.51. The van der Waals surface area contributed by atoms with Crippen molar-refractivity contribution in [1.82, 2.24) is 25.4 Å². The first kappa shape index (κ1) is 16.4. The van der Waals surface area contributed by atoms with Crippen molar-refractivity contribution < 1.29 is 13.2 Å². The van der Waals surface area contributed by atoms with Crippen LogP contribution < -0.4 is 0 Å². The number of aromatic nitrogens is 5. The third kappa shape index (κ3) is 3.54. The Bertz CT molecular complexity index is 678. The number of rotatable bonds is 5. The number of H-pyrrole nitrogens is 1. The molecule has 1 fully saturated rings. The Morgan fingerprint density at radius 2 is 2.00 bits per heavy atom. The smallest absolute Gasteiger partial charge is 0.263 e. The van der Waals surface area contributed by atoms with Crippen molar-refractivity contribution in [1.29, 1.82) is 0 Å². The highest BCUT2D eigenvalue weighted by molar-refractivity contribution is 7.11. The standard InChI is InChI=1S/C14H18F3N5S/c1-6(2)10-18-11(20-19-10)9-5-8(9)4-7(3)12-21-22-13(23-12)14(15,16)17/h6-9H,4-5H2,1-3H3,(H,18,19,20). The van der Waals surface area contributed by atoms with Crippen molar-refractivity contribution >= 4 is 11.3 Å². The minimum atomic E-state index is -4.41. The van der Waals surface area contributed by atoms with E-state index in [9.17, 15) is 13.2 Å². The van der Waals surface area contributed by atoms with Gasteiger partial charge in [-0.1, -0.05) is 32.1 Å². The summed E-state index contributed by atoms with van der Waals surface area (Å²) in [6.45, 7) is 5.97. The van der Waals surface area contributed by atoms with Gasteiger partial charge in [0, 0.05) is 17.8 Å². The maximum atomic E-state index is 12.6. The fourth-order valence-electron chi connectivity index (χ4n) is 2.66. The number of hydrogen-bond donors (Lipinski definition) is 1. The zero-order valence-corrected chi connectivity index (χ0v) is 13.9. The molecule has 3 atom stereocenters. The number of nitrogens with zero attached hydrogens (tertiary/aromatic N) is 4. The summed E-state index contributed by atoms with van der Waals surface area (Å²) in [6, 6.07) is 0. The van der Waals surface area contributed by atoms with Crippen molar-refractivity contribution in [3.63, 3.8) is 0 Å². The zero-order valence-electron chi connectivity index (χ0n) is 13.1. The molecule has 9 heteroatoms. The van der Waals surface area contributed by atoms with Crippen LogP contribution in [-0.2, 0) is 6.18 Å². The molecule has 3 unspecified atom stereocenters. The van der Waals surface area contributed by atoms with Gasteiger partial charge in [-0.25, -0.2) is 4.98 Å². The normalized spacial score (nSPS) is 22.6. The maximum absolute atomic E-state index is 12.6. The van der Waals surface area contributed by atoms with Gasteiger partial charge < -0.3 is 0 Å². The lowest BCUT2D eigenvalue weighted by Crippen LogP contribution is -2.03. The highest BCUT2D eigenvalue weighted by Gasteiger charge is 2.42. The summed E-state index contributed by atoms with van der Waals surface area (Å²) in [7, 11) is 0. The molecule has 2 heterocycles. The molecule has 3 rings (SSSR count). The Morgan fingerprint density at radius 3 is 2.57 bits per heavy atom. The molecule has 0 radical (unpaired) electrons. The van der Waals surface area contributed by atoms with Crippen molar-refractivity contribution in [2.45, 2.75) is 57.5 Å². The largest absolute Gasteiger partial charge is 0.445 e. The molecule has 1 N–H and O–H groups in total. The lowest BCUT2D eigenvalue weighted by molar-refractivity contribution is -0.138.